The summed E-state index contributed by atoms with van der Waals surface area (Å²) >= 11 is 0. The number of hydrogen-bond acceptors (Lipinski definition) is 4. The molecular weight excluding hydrogens is 298 g/mol. The minimum atomic E-state index is -0.552. The second-order valence-corrected chi connectivity index (χ2v) is 4.89. The highest BCUT2D eigenvalue weighted by molar-refractivity contribution is 6.04. The molecule has 2 rings (SSSR count). The molecule has 0 aliphatic heterocycles. The number of amides is 2. The molecule has 0 saturated heterocycles. The van der Waals surface area contributed by atoms with Gasteiger partial charge in [-0.3, -0.25) is 19.7 Å². The summed E-state index contributed by atoms with van der Waals surface area (Å²) in [5.41, 5.74) is 1.29. The number of carbonyl (C=O) groups excluding carboxylic acids is 2. The molecule has 118 valence electrons. The fourth-order valence-corrected chi connectivity index (χ4v) is 1.91. The molecule has 0 aliphatic rings. The Balaban J connectivity index is 2.13. The Morgan fingerprint density at radius 2 is 1.78 bits per heavy atom. The van der Waals surface area contributed by atoms with E-state index in [0.717, 1.165) is 0 Å². The van der Waals surface area contributed by atoms with Crippen LogP contribution < -0.4 is 10.2 Å². The number of nitro groups is 1. The van der Waals surface area contributed by atoms with Crippen LogP contribution in [0.5, 0.6) is 0 Å². The molecule has 2 aromatic carbocycles. The van der Waals surface area contributed by atoms with E-state index in [1.807, 2.05) is 0 Å². The molecule has 0 saturated carbocycles. The Hall–Kier alpha value is -3.22. The van der Waals surface area contributed by atoms with Crippen molar-refractivity contribution < 1.29 is 14.5 Å². The minimum Gasteiger partial charge on any atom is -0.322 e. The standard InChI is InChI=1S/C16H15N3O4/c1-11(20)18(2)14-8-6-13(7-9-14)17-16(21)12-4-3-5-15(10-12)19(22)23/h3-10H,1-2H3,(H,17,21). The summed E-state index contributed by atoms with van der Waals surface area (Å²) in [6.07, 6.45) is 0. The van der Waals surface area contributed by atoms with E-state index in [2.05, 4.69) is 5.32 Å². The molecule has 0 radical (unpaired) electrons. The van der Waals surface area contributed by atoms with Gasteiger partial charge in [0.15, 0.2) is 0 Å². The fraction of sp³-hybridized carbons (Fsp3) is 0.125. The summed E-state index contributed by atoms with van der Waals surface area (Å²) in [4.78, 5) is 35.1. The van der Waals surface area contributed by atoms with E-state index < -0.39 is 10.8 Å². The van der Waals surface area contributed by atoms with Gasteiger partial charge < -0.3 is 10.2 Å². The molecule has 23 heavy (non-hydrogen) atoms. The lowest BCUT2D eigenvalue weighted by Gasteiger charge is -2.15. The molecule has 1 N–H and O–H groups in total. The number of hydrogen-bond donors (Lipinski definition) is 1. The molecule has 0 spiro atoms. The van der Waals surface area contributed by atoms with Gasteiger partial charge in [0.25, 0.3) is 11.6 Å². The monoisotopic (exact) mass is 313 g/mol. The van der Waals surface area contributed by atoms with Gasteiger partial charge in [0, 0.05) is 43.0 Å². The molecule has 7 nitrogen and oxygen atoms in total. The van der Waals surface area contributed by atoms with Crippen molar-refractivity contribution in [3.05, 3.63) is 64.2 Å². The zero-order valence-electron chi connectivity index (χ0n) is 12.6. The number of nitro benzene ring substituents is 1. The third-order valence-corrected chi connectivity index (χ3v) is 3.30. The van der Waals surface area contributed by atoms with Gasteiger partial charge in [0.1, 0.15) is 0 Å². The van der Waals surface area contributed by atoms with Gasteiger partial charge in [-0.25, -0.2) is 0 Å². The van der Waals surface area contributed by atoms with Crippen LogP contribution in [0, 0.1) is 10.1 Å². The van der Waals surface area contributed by atoms with E-state index in [1.165, 1.54) is 36.1 Å². The van der Waals surface area contributed by atoms with Gasteiger partial charge in [0.2, 0.25) is 5.91 Å². The Kier molecular flexibility index (Phi) is 4.70. The molecule has 0 unspecified atom stereocenters. The van der Waals surface area contributed by atoms with Crippen molar-refractivity contribution in [2.45, 2.75) is 6.92 Å². The Morgan fingerprint density at radius 1 is 1.13 bits per heavy atom. The van der Waals surface area contributed by atoms with Crippen LogP contribution in [0.4, 0.5) is 17.1 Å². The lowest BCUT2D eigenvalue weighted by atomic mass is 10.2. The summed E-state index contributed by atoms with van der Waals surface area (Å²) in [6.45, 7) is 1.46. The summed E-state index contributed by atoms with van der Waals surface area (Å²) in [7, 11) is 1.65. The van der Waals surface area contributed by atoms with Crippen LogP contribution in [-0.4, -0.2) is 23.8 Å². The average molecular weight is 313 g/mol. The first-order valence-electron chi connectivity index (χ1n) is 6.78. The lowest BCUT2D eigenvalue weighted by molar-refractivity contribution is -0.384. The van der Waals surface area contributed by atoms with Gasteiger partial charge >= 0.3 is 0 Å². The van der Waals surface area contributed by atoms with Crippen molar-refractivity contribution in [3.63, 3.8) is 0 Å². The van der Waals surface area contributed by atoms with Crippen molar-refractivity contribution in [1.82, 2.24) is 0 Å². The number of carbonyl (C=O) groups is 2. The molecular formula is C16H15N3O4. The first-order chi connectivity index (χ1) is 10.9. The van der Waals surface area contributed by atoms with E-state index >= 15 is 0 Å². The first kappa shape index (κ1) is 16.2. The molecule has 0 bridgehead atoms. The Bertz CT molecular complexity index is 756. The average Bonchev–Trinajstić information content (AvgIpc) is 2.54. The van der Waals surface area contributed by atoms with Crippen LogP contribution >= 0.6 is 0 Å². The van der Waals surface area contributed by atoms with Crippen molar-refractivity contribution in [2.24, 2.45) is 0 Å². The van der Waals surface area contributed by atoms with E-state index in [-0.39, 0.29) is 17.2 Å². The Labute approximate surface area is 132 Å². The largest absolute Gasteiger partial charge is 0.322 e. The maximum atomic E-state index is 12.1. The van der Waals surface area contributed by atoms with Crippen LogP contribution in [0.25, 0.3) is 0 Å². The molecule has 0 fully saturated rings. The van der Waals surface area contributed by atoms with E-state index in [1.54, 1.807) is 31.3 Å². The molecule has 2 amide bonds. The smallest absolute Gasteiger partial charge is 0.270 e. The normalized spacial score (nSPS) is 10.0. The van der Waals surface area contributed by atoms with Gasteiger partial charge in [0.05, 0.1) is 4.92 Å². The molecule has 0 heterocycles. The number of benzene rings is 2. The molecule has 2 aromatic rings. The van der Waals surface area contributed by atoms with Crippen LogP contribution in [-0.2, 0) is 4.79 Å². The zero-order chi connectivity index (χ0) is 17.0. The summed E-state index contributed by atoms with van der Waals surface area (Å²) < 4.78 is 0. The third kappa shape index (κ3) is 3.91. The second kappa shape index (κ2) is 6.69. The van der Waals surface area contributed by atoms with E-state index in [4.69, 9.17) is 0 Å². The van der Waals surface area contributed by atoms with Crippen LogP contribution in [0.15, 0.2) is 48.5 Å². The van der Waals surface area contributed by atoms with Crippen molar-refractivity contribution in [1.29, 1.82) is 0 Å². The first-order valence-corrected chi connectivity index (χ1v) is 6.78. The minimum absolute atomic E-state index is 0.0987. The zero-order valence-corrected chi connectivity index (χ0v) is 12.6. The van der Waals surface area contributed by atoms with E-state index in [0.29, 0.717) is 11.4 Å². The number of anilines is 2. The second-order valence-electron chi connectivity index (χ2n) is 4.89. The quantitative estimate of drug-likeness (QED) is 0.694. The maximum absolute atomic E-state index is 12.1. The topological polar surface area (TPSA) is 92.6 Å². The van der Waals surface area contributed by atoms with Crippen molar-refractivity contribution in [3.8, 4) is 0 Å². The SMILES string of the molecule is CC(=O)N(C)c1ccc(NC(=O)c2cccc([N+](=O)[O-])c2)cc1. The highest BCUT2D eigenvalue weighted by Crippen LogP contribution is 2.19. The van der Waals surface area contributed by atoms with Crippen molar-refractivity contribution >= 4 is 28.9 Å². The van der Waals surface area contributed by atoms with Gasteiger partial charge in [-0.1, -0.05) is 6.07 Å². The molecule has 0 aromatic heterocycles. The lowest BCUT2D eigenvalue weighted by Crippen LogP contribution is -2.22. The number of non-ortho nitro benzene ring substituents is 1. The molecule has 7 heteroatoms. The highest BCUT2D eigenvalue weighted by atomic mass is 16.6. The number of rotatable bonds is 4. The summed E-state index contributed by atoms with van der Waals surface area (Å²) in [5.74, 6) is -0.542. The van der Waals surface area contributed by atoms with Crippen LogP contribution in [0.3, 0.4) is 0 Å². The van der Waals surface area contributed by atoms with Gasteiger partial charge in [-0.15, -0.1) is 0 Å². The van der Waals surface area contributed by atoms with Crippen molar-refractivity contribution in [2.75, 3.05) is 17.3 Å². The number of nitrogens with zero attached hydrogens (tertiary/aromatic N) is 2. The fourth-order valence-electron chi connectivity index (χ4n) is 1.91. The number of nitrogens with one attached hydrogen (secondary N) is 1. The van der Waals surface area contributed by atoms with Gasteiger partial charge in [-0.2, -0.15) is 0 Å². The van der Waals surface area contributed by atoms with Crippen LogP contribution in [0.2, 0.25) is 0 Å². The molecule has 0 atom stereocenters. The maximum Gasteiger partial charge on any atom is 0.270 e. The molecule has 0 aliphatic carbocycles. The third-order valence-electron chi connectivity index (χ3n) is 3.30. The van der Waals surface area contributed by atoms with Gasteiger partial charge in [-0.05, 0) is 30.3 Å². The summed E-state index contributed by atoms with van der Waals surface area (Å²) in [6, 6.07) is 12.2. The highest BCUT2D eigenvalue weighted by Gasteiger charge is 2.12. The predicted octanol–water partition coefficient (Wildman–Crippen LogP) is 2.83. The summed E-state index contributed by atoms with van der Waals surface area (Å²) in [5, 5.41) is 13.4. The van der Waals surface area contributed by atoms with E-state index in [9.17, 15) is 19.7 Å². The predicted molar refractivity (Wildman–Crippen MR) is 86.6 cm³/mol. The Morgan fingerprint density at radius 3 is 2.35 bits per heavy atom. The van der Waals surface area contributed by atoms with Crippen LogP contribution in [0.1, 0.15) is 17.3 Å².